The van der Waals surface area contributed by atoms with Gasteiger partial charge in [0, 0.05) is 13.1 Å². The van der Waals surface area contributed by atoms with Crippen LogP contribution in [-0.4, -0.2) is 17.6 Å². The first-order chi connectivity index (χ1) is 6.77. The molecule has 0 saturated heterocycles. The number of fused-ring (bicyclic) bond motifs is 1. The van der Waals surface area contributed by atoms with E-state index in [0.717, 1.165) is 12.1 Å². The first-order valence-electron chi connectivity index (χ1n) is 4.77. The van der Waals surface area contributed by atoms with E-state index >= 15 is 0 Å². The average Bonchev–Trinajstić information content (AvgIpc) is 2.39. The fourth-order valence-corrected chi connectivity index (χ4v) is 1.82. The molecule has 0 aliphatic carbocycles. The van der Waals surface area contributed by atoms with Crippen molar-refractivity contribution in [2.45, 2.75) is 13.0 Å². The van der Waals surface area contributed by atoms with Gasteiger partial charge in [0.25, 0.3) is 0 Å². The van der Waals surface area contributed by atoms with Crippen LogP contribution in [-0.2, 0) is 17.8 Å². The van der Waals surface area contributed by atoms with E-state index in [1.165, 1.54) is 5.56 Å². The van der Waals surface area contributed by atoms with Gasteiger partial charge in [0.2, 0.25) is 0 Å². The van der Waals surface area contributed by atoms with Gasteiger partial charge < -0.3 is 10.4 Å². The second-order valence-corrected chi connectivity index (χ2v) is 3.64. The van der Waals surface area contributed by atoms with Crippen LogP contribution in [0, 0.1) is 5.92 Å². The summed E-state index contributed by atoms with van der Waals surface area (Å²) in [5.74, 6) is -1.01. The highest BCUT2D eigenvalue weighted by molar-refractivity contribution is 5.71. The molecule has 0 amide bonds. The van der Waals surface area contributed by atoms with E-state index in [-0.39, 0.29) is 5.92 Å². The van der Waals surface area contributed by atoms with Crippen LogP contribution in [0.5, 0.6) is 0 Å². The maximum absolute atomic E-state index is 10.9. The Balaban J connectivity index is 2.26. The molecule has 1 unspecified atom stereocenters. The average molecular weight is 191 g/mol. The number of nitrogens with one attached hydrogen (secondary N) is 1. The summed E-state index contributed by atoms with van der Waals surface area (Å²) >= 11 is 0. The molecule has 1 aliphatic heterocycles. The van der Waals surface area contributed by atoms with E-state index in [4.69, 9.17) is 5.11 Å². The number of rotatable bonds is 1. The van der Waals surface area contributed by atoms with Gasteiger partial charge in [0.05, 0.1) is 5.92 Å². The SMILES string of the molecule is O=C(O)C1CNCc2ccccc2C1. The highest BCUT2D eigenvalue weighted by Crippen LogP contribution is 2.17. The van der Waals surface area contributed by atoms with E-state index in [9.17, 15) is 4.79 Å². The maximum atomic E-state index is 10.9. The van der Waals surface area contributed by atoms with Crippen LogP contribution in [0.25, 0.3) is 0 Å². The van der Waals surface area contributed by atoms with Crippen LogP contribution >= 0.6 is 0 Å². The van der Waals surface area contributed by atoms with Gasteiger partial charge in [-0.2, -0.15) is 0 Å². The van der Waals surface area contributed by atoms with Gasteiger partial charge in [0.15, 0.2) is 0 Å². The Hall–Kier alpha value is -1.35. The van der Waals surface area contributed by atoms with Crippen molar-refractivity contribution < 1.29 is 9.90 Å². The molecule has 0 aromatic heterocycles. The Bertz CT molecular complexity index is 349. The van der Waals surface area contributed by atoms with Crippen LogP contribution in [0.2, 0.25) is 0 Å². The number of aliphatic carboxylic acids is 1. The highest BCUT2D eigenvalue weighted by Gasteiger charge is 2.21. The zero-order chi connectivity index (χ0) is 9.97. The lowest BCUT2D eigenvalue weighted by Gasteiger charge is -2.08. The quantitative estimate of drug-likeness (QED) is 0.697. The number of hydrogen-bond acceptors (Lipinski definition) is 2. The van der Waals surface area contributed by atoms with E-state index in [1.807, 2.05) is 24.3 Å². The van der Waals surface area contributed by atoms with Crippen molar-refractivity contribution in [3.8, 4) is 0 Å². The van der Waals surface area contributed by atoms with Gasteiger partial charge in [-0.1, -0.05) is 24.3 Å². The Labute approximate surface area is 82.8 Å². The van der Waals surface area contributed by atoms with Gasteiger partial charge in [0.1, 0.15) is 0 Å². The Kier molecular flexibility index (Phi) is 2.50. The Morgan fingerprint density at radius 1 is 1.36 bits per heavy atom. The summed E-state index contributed by atoms with van der Waals surface area (Å²) in [6, 6.07) is 8.01. The third kappa shape index (κ3) is 1.77. The Morgan fingerprint density at radius 3 is 2.79 bits per heavy atom. The fourth-order valence-electron chi connectivity index (χ4n) is 1.82. The highest BCUT2D eigenvalue weighted by atomic mass is 16.4. The monoisotopic (exact) mass is 191 g/mol. The summed E-state index contributed by atoms with van der Waals surface area (Å²) < 4.78 is 0. The van der Waals surface area contributed by atoms with Crippen molar-refractivity contribution in [1.29, 1.82) is 0 Å². The van der Waals surface area contributed by atoms with Crippen molar-refractivity contribution in [2.24, 2.45) is 5.92 Å². The molecular formula is C11H13NO2. The van der Waals surface area contributed by atoms with Crippen molar-refractivity contribution in [1.82, 2.24) is 5.32 Å². The summed E-state index contributed by atoms with van der Waals surface area (Å²) in [4.78, 5) is 10.9. The molecule has 1 aromatic rings. The molecule has 3 heteroatoms. The second-order valence-electron chi connectivity index (χ2n) is 3.64. The predicted molar refractivity (Wildman–Crippen MR) is 53.0 cm³/mol. The molecule has 2 rings (SSSR count). The zero-order valence-corrected chi connectivity index (χ0v) is 7.86. The maximum Gasteiger partial charge on any atom is 0.308 e. The molecular weight excluding hydrogens is 178 g/mol. The normalized spacial score (nSPS) is 21.0. The molecule has 74 valence electrons. The van der Waals surface area contributed by atoms with Crippen LogP contribution < -0.4 is 5.32 Å². The summed E-state index contributed by atoms with van der Waals surface area (Å²) in [5, 5.41) is 12.1. The van der Waals surface area contributed by atoms with Gasteiger partial charge in [-0.15, -0.1) is 0 Å². The second kappa shape index (κ2) is 3.80. The third-order valence-corrected chi connectivity index (χ3v) is 2.64. The molecule has 0 bridgehead atoms. The predicted octanol–water partition coefficient (Wildman–Crippen LogP) is 1.03. The van der Waals surface area contributed by atoms with Crippen molar-refractivity contribution in [2.75, 3.05) is 6.54 Å². The molecule has 0 fully saturated rings. The fraction of sp³-hybridized carbons (Fsp3) is 0.364. The van der Waals surface area contributed by atoms with E-state index < -0.39 is 5.97 Å². The lowest BCUT2D eigenvalue weighted by atomic mass is 9.98. The number of benzene rings is 1. The third-order valence-electron chi connectivity index (χ3n) is 2.64. The largest absolute Gasteiger partial charge is 0.481 e. The molecule has 3 nitrogen and oxygen atoms in total. The summed E-state index contributed by atoms with van der Waals surface area (Å²) in [5.41, 5.74) is 2.38. The van der Waals surface area contributed by atoms with E-state index in [2.05, 4.69) is 5.32 Å². The number of carbonyl (C=O) groups is 1. The standard InChI is InChI=1S/C11H13NO2/c13-11(14)10-5-8-3-1-2-4-9(8)6-12-7-10/h1-4,10,12H,5-7H2,(H,13,14). The minimum atomic E-state index is -0.714. The first-order valence-corrected chi connectivity index (χ1v) is 4.77. The molecule has 0 saturated carbocycles. The molecule has 1 aliphatic rings. The number of hydrogen-bond donors (Lipinski definition) is 2. The van der Waals surface area contributed by atoms with E-state index in [0.29, 0.717) is 13.0 Å². The van der Waals surface area contributed by atoms with Crippen LogP contribution in [0.4, 0.5) is 0 Å². The summed E-state index contributed by atoms with van der Waals surface area (Å²) in [6.45, 7) is 1.34. The molecule has 0 spiro atoms. The molecule has 0 radical (unpaired) electrons. The van der Waals surface area contributed by atoms with Gasteiger partial charge in [-0.3, -0.25) is 4.79 Å². The van der Waals surface area contributed by atoms with Gasteiger partial charge in [-0.05, 0) is 17.5 Å². The van der Waals surface area contributed by atoms with Crippen LogP contribution in [0.1, 0.15) is 11.1 Å². The molecule has 1 aromatic carbocycles. The van der Waals surface area contributed by atoms with Gasteiger partial charge >= 0.3 is 5.97 Å². The first kappa shape index (κ1) is 9.21. The number of carboxylic acid groups (broad SMARTS) is 1. The Morgan fingerprint density at radius 2 is 2.07 bits per heavy atom. The molecule has 2 N–H and O–H groups in total. The smallest absolute Gasteiger partial charge is 0.308 e. The van der Waals surface area contributed by atoms with E-state index in [1.54, 1.807) is 0 Å². The molecule has 1 heterocycles. The minimum absolute atomic E-state index is 0.293. The summed E-state index contributed by atoms with van der Waals surface area (Å²) in [6.07, 6.45) is 0.637. The van der Waals surface area contributed by atoms with Crippen LogP contribution in [0.15, 0.2) is 24.3 Å². The number of carboxylic acids is 1. The summed E-state index contributed by atoms with van der Waals surface area (Å²) in [7, 11) is 0. The molecule has 14 heavy (non-hydrogen) atoms. The lowest BCUT2D eigenvalue weighted by Crippen LogP contribution is -2.26. The van der Waals surface area contributed by atoms with Crippen molar-refractivity contribution in [3.63, 3.8) is 0 Å². The van der Waals surface area contributed by atoms with Crippen molar-refractivity contribution in [3.05, 3.63) is 35.4 Å². The topological polar surface area (TPSA) is 49.3 Å². The van der Waals surface area contributed by atoms with Gasteiger partial charge in [-0.25, -0.2) is 0 Å². The zero-order valence-electron chi connectivity index (χ0n) is 7.86. The van der Waals surface area contributed by atoms with Crippen LogP contribution in [0.3, 0.4) is 0 Å². The molecule has 1 atom stereocenters. The van der Waals surface area contributed by atoms with Crippen molar-refractivity contribution >= 4 is 5.97 Å². The lowest BCUT2D eigenvalue weighted by molar-refractivity contribution is -0.141. The minimum Gasteiger partial charge on any atom is -0.481 e.